The summed E-state index contributed by atoms with van der Waals surface area (Å²) in [6, 6.07) is 35.1. The van der Waals surface area contributed by atoms with E-state index < -0.39 is 23.9 Å². The van der Waals surface area contributed by atoms with Crippen LogP contribution in [0.25, 0.3) is 79.2 Å². The molecule has 0 radical (unpaired) electrons. The van der Waals surface area contributed by atoms with E-state index in [0.717, 1.165) is 11.0 Å². The van der Waals surface area contributed by atoms with E-state index in [1.54, 1.807) is 48.5 Å². The first kappa shape index (κ1) is 39.5. The molecule has 0 fully saturated rings. The quantitative estimate of drug-likeness (QED) is 0.0854. The van der Waals surface area contributed by atoms with Crippen LogP contribution >= 0.6 is 12.4 Å². The van der Waals surface area contributed by atoms with Crippen molar-refractivity contribution in [3.05, 3.63) is 178 Å². The summed E-state index contributed by atoms with van der Waals surface area (Å²) < 4.78 is 0. The Kier molecular flexibility index (Phi) is 10.2. The number of H-pyrrole nitrogens is 2. The Morgan fingerprint density at radius 1 is 0.426 bits per heavy atom. The molecule has 5 heterocycles. The van der Waals surface area contributed by atoms with Crippen molar-refractivity contribution in [1.29, 1.82) is 0 Å². The van der Waals surface area contributed by atoms with Gasteiger partial charge in [-0.3, -0.25) is 0 Å². The number of aromatic carboxylic acids is 4. The molecule has 0 saturated heterocycles. The van der Waals surface area contributed by atoms with Crippen molar-refractivity contribution >= 4 is 82.2 Å². The first-order chi connectivity index (χ1) is 29.0. The molecule has 0 saturated carbocycles. The molecular formula is C48H31ClN4O8. The number of rotatable bonds is 8. The highest BCUT2D eigenvalue weighted by Crippen LogP contribution is 2.46. The lowest BCUT2D eigenvalue weighted by atomic mass is 9.90. The van der Waals surface area contributed by atoms with Crippen LogP contribution in [0.15, 0.2) is 127 Å². The molecule has 0 atom stereocenters. The Bertz CT molecular complexity index is 3180. The summed E-state index contributed by atoms with van der Waals surface area (Å²) in [5.41, 5.74) is 10.2. The molecule has 298 valence electrons. The minimum Gasteiger partial charge on any atom is -0.478 e. The minimum atomic E-state index is -1.11. The Labute approximate surface area is 351 Å². The van der Waals surface area contributed by atoms with Crippen LogP contribution < -0.4 is 0 Å². The van der Waals surface area contributed by atoms with Gasteiger partial charge in [-0.25, -0.2) is 29.1 Å². The maximum Gasteiger partial charge on any atom is 0.335 e. The summed E-state index contributed by atoms with van der Waals surface area (Å²) in [7, 11) is 0. The smallest absolute Gasteiger partial charge is 0.335 e. The second-order valence-corrected chi connectivity index (χ2v) is 14.1. The molecule has 6 N–H and O–H groups in total. The van der Waals surface area contributed by atoms with Gasteiger partial charge in [-0.05, 0) is 119 Å². The average molecular weight is 827 g/mol. The summed E-state index contributed by atoms with van der Waals surface area (Å²) >= 11 is 0. The fourth-order valence-electron chi connectivity index (χ4n) is 7.48. The predicted octanol–water partition coefficient (Wildman–Crippen LogP) is 10.3. The zero-order valence-corrected chi connectivity index (χ0v) is 32.4. The number of carboxylic acids is 4. The molecule has 4 aromatic carbocycles. The zero-order chi connectivity index (χ0) is 41.7. The third-order valence-electron chi connectivity index (χ3n) is 10.3. The first-order valence-corrected chi connectivity index (χ1v) is 18.5. The predicted molar refractivity (Wildman–Crippen MR) is 235 cm³/mol. The summed E-state index contributed by atoms with van der Waals surface area (Å²) in [4.78, 5) is 65.2. The molecule has 9 rings (SSSR count). The van der Waals surface area contributed by atoms with E-state index in [0.29, 0.717) is 78.3 Å². The van der Waals surface area contributed by atoms with Gasteiger partial charge in [0, 0.05) is 38.8 Å². The number of benzene rings is 4. The molecule has 61 heavy (non-hydrogen) atoms. The highest BCUT2D eigenvalue weighted by molar-refractivity contribution is 6.11. The van der Waals surface area contributed by atoms with Crippen LogP contribution in [0.1, 0.15) is 69.8 Å². The summed E-state index contributed by atoms with van der Waals surface area (Å²) in [5, 5.41) is 39.2. The van der Waals surface area contributed by atoms with Crippen LogP contribution in [0.3, 0.4) is 0 Å². The van der Waals surface area contributed by atoms with Crippen molar-refractivity contribution in [1.82, 2.24) is 19.9 Å². The van der Waals surface area contributed by atoms with Crippen LogP contribution in [0.5, 0.6) is 0 Å². The monoisotopic (exact) mass is 826 g/mol. The maximum absolute atomic E-state index is 12.1. The van der Waals surface area contributed by atoms with Gasteiger partial charge in [0.05, 0.1) is 50.5 Å². The van der Waals surface area contributed by atoms with Gasteiger partial charge < -0.3 is 30.4 Å². The Balaban J connectivity index is 0.00000514. The van der Waals surface area contributed by atoms with E-state index in [2.05, 4.69) is 9.97 Å². The highest BCUT2D eigenvalue weighted by atomic mass is 35.5. The van der Waals surface area contributed by atoms with Gasteiger partial charge in [0.25, 0.3) is 0 Å². The number of aromatic amines is 2. The molecule has 12 nitrogen and oxygen atoms in total. The van der Waals surface area contributed by atoms with Gasteiger partial charge in [-0.1, -0.05) is 48.5 Å². The average Bonchev–Trinajstić information content (AvgIpc) is 4.06. The molecule has 7 aromatic rings. The SMILES string of the molecule is Cl.O=C(O)c1ccc(C2=Cc3cc4ccc(cc5nc(cc6[nH]c(c(-c7ccc(C(=O)O)cc7)c2n3)c(-c2ccc(C(=O)O)cc2)c6-c2ccc(C(=O)O)cc2)C=C5)[nH]4)cc1. The molecule has 2 aliphatic heterocycles. The second kappa shape index (κ2) is 15.8. The number of hydrogen-bond donors (Lipinski definition) is 6. The number of carboxylic acid groups (broad SMARTS) is 4. The number of hydrogen-bond acceptors (Lipinski definition) is 6. The van der Waals surface area contributed by atoms with Crippen LogP contribution in [0.4, 0.5) is 0 Å². The van der Waals surface area contributed by atoms with Gasteiger partial charge in [0.2, 0.25) is 0 Å². The standard InChI is InChI=1S/C48H30N4O8.ClH/c53-45(54)29-9-1-25(2-10-29)38-23-37-22-35-18-17-33(49-35)21-34-19-20-36(50-34)24-39-40(26-3-11-30(12-4-26)46(55)56)41(27-5-13-31(14-6-27)47(57)58)44(52-39)42(43(38)51-37)28-7-15-32(16-8-28)48(59)60;/h1-24,49,52H,(H,53,54)(H,55,56)(H,57,58)(H,59,60);1H. The lowest BCUT2D eigenvalue weighted by molar-refractivity contribution is 0.0686. The van der Waals surface area contributed by atoms with Crippen LogP contribution in [-0.4, -0.2) is 64.2 Å². The molecule has 2 aliphatic rings. The van der Waals surface area contributed by atoms with E-state index in [9.17, 15) is 39.6 Å². The Hall–Kier alpha value is -8.35. The van der Waals surface area contributed by atoms with Crippen molar-refractivity contribution < 1.29 is 39.6 Å². The maximum atomic E-state index is 12.1. The number of nitrogens with one attached hydrogen (secondary N) is 2. The van der Waals surface area contributed by atoms with E-state index in [1.807, 2.05) is 48.6 Å². The molecular weight excluding hydrogens is 796 g/mol. The number of halogens is 1. The van der Waals surface area contributed by atoms with Gasteiger partial charge in [0.1, 0.15) is 0 Å². The molecule has 0 spiro atoms. The summed E-state index contributed by atoms with van der Waals surface area (Å²) in [6.07, 6.45) is 5.66. The van der Waals surface area contributed by atoms with Crippen molar-refractivity contribution in [2.75, 3.05) is 0 Å². The van der Waals surface area contributed by atoms with Crippen molar-refractivity contribution in [2.24, 2.45) is 0 Å². The van der Waals surface area contributed by atoms with Crippen molar-refractivity contribution in [3.8, 4) is 33.4 Å². The van der Waals surface area contributed by atoms with Gasteiger partial charge in [0.15, 0.2) is 0 Å². The lowest BCUT2D eigenvalue weighted by Gasteiger charge is -2.13. The third-order valence-corrected chi connectivity index (χ3v) is 10.3. The zero-order valence-electron chi connectivity index (χ0n) is 31.6. The third kappa shape index (κ3) is 7.57. The number of nitrogens with zero attached hydrogens (tertiary/aromatic N) is 2. The van der Waals surface area contributed by atoms with Gasteiger partial charge in [-0.2, -0.15) is 0 Å². The molecule has 0 aliphatic carbocycles. The van der Waals surface area contributed by atoms with Crippen molar-refractivity contribution in [3.63, 3.8) is 0 Å². The fraction of sp³-hybridized carbons (Fsp3) is 0. The van der Waals surface area contributed by atoms with Crippen LogP contribution in [0, 0.1) is 0 Å². The summed E-state index contributed by atoms with van der Waals surface area (Å²) in [5.74, 6) is -4.39. The second-order valence-electron chi connectivity index (χ2n) is 14.1. The minimum absolute atomic E-state index is 0. The number of carbonyl (C=O) groups is 4. The van der Waals surface area contributed by atoms with Gasteiger partial charge in [-0.15, -0.1) is 12.4 Å². The van der Waals surface area contributed by atoms with E-state index in [4.69, 9.17) is 9.97 Å². The van der Waals surface area contributed by atoms with E-state index in [1.165, 1.54) is 48.5 Å². The lowest BCUT2D eigenvalue weighted by Crippen LogP contribution is -1.98. The van der Waals surface area contributed by atoms with E-state index >= 15 is 0 Å². The Morgan fingerprint density at radius 3 is 1.31 bits per heavy atom. The van der Waals surface area contributed by atoms with Crippen LogP contribution in [0.2, 0.25) is 0 Å². The topological polar surface area (TPSA) is 207 Å². The number of aromatic nitrogens is 4. The Morgan fingerprint density at radius 2 is 0.836 bits per heavy atom. The molecule has 3 aromatic heterocycles. The fourth-order valence-corrected chi connectivity index (χ4v) is 7.48. The molecule has 8 bridgehead atoms. The number of fused-ring (bicyclic) bond motifs is 8. The largest absolute Gasteiger partial charge is 0.478 e. The molecule has 0 amide bonds. The van der Waals surface area contributed by atoms with Crippen LogP contribution in [-0.2, 0) is 0 Å². The first-order valence-electron chi connectivity index (χ1n) is 18.5. The molecule has 13 heteroatoms. The highest BCUT2D eigenvalue weighted by Gasteiger charge is 2.25. The molecule has 0 unspecified atom stereocenters. The van der Waals surface area contributed by atoms with Gasteiger partial charge >= 0.3 is 23.9 Å². The van der Waals surface area contributed by atoms with E-state index in [-0.39, 0.29) is 34.7 Å². The summed E-state index contributed by atoms with van der Waals surface area (Å²) in [6.45, 7) is 0. The van der Waals surface area contributed by atoms with Crippen molar-refractivity contribution in [2.45, 2.75) is 0 Å². The normalized spacial score (nSPS) is 11.7.